The maximum atomic E-state index is 11.5. The Morgan fingerprint density at radius 2 is 0.787 bits per heavy atom. The molecule has 0 N–H and O–H groups in total. The molecular weight excluding hydrogens is 659 g/mol. The number of nitrogens with zero attached hydrogens (tertiary/aromatic N) is 5. The van der Waals surface area contributed by atoms with Crippen LogP contribution in [0.1, 0.15) is 81.1 Å². The zero-order chi connectivity index (χ0) is 36.5. The van der Waals surface area contributed by atoms with Gasteiger partial charge in [0.2, 0.25) is 20.0 Å². The molecule has 0 radical (unpaired) electrons. The number of piperidine rings is 2. The van der Waals surface area contributed by atoms with Gasteiger partial charge in [0, 0.05) is 53.4 Å². The molecule has 0 atom stereocenters. The fourth-order valence-electron chi connectivity index (χ4n) is 6.04. The van der Waals surface area contributed by atoms with Crippen LogP contribution in [0.3, 0.4) is 0 Å². The first-order valence-electron chi connectivity index (χ1n) is 17.6. The topological polar surface area (TPSA) is 119 Å². The average Bonchev–Trinajstić information content (AvgIpc) is 2.86. The Morgan fingerprint density at radius 1 is 0.489 bits per heavy atom. The molecule has 0 aliphatic carbocycles. The third kappa shape index (κ3) is 15.2. The lowest BCUT2D eigenvalue weighted by Crippen LogP contribution is -2.54. The van der Waals surface area contributed by atoms with E-state index in [4.69, 9.17) is 0 Å². The van der Waals surface area contributed by atoms with Crippen molar-refractivity contribution in [3.63, 3.8) is 0 Å². The zero-order valence-electron chi connectivity index (χ0n) is 32.0. The number of rotatable bonds is 8. The van der Waals surface area contributed by atoms with Gasteiger partial charge in [-0.3, -0.25) is 0 Å². The van der Waals surface area contributed by atoms with Crippen molar-refractivity contribution < 1.29 is 25.3 Å². The van der Waals surface area contributed by atoms with E-state index in [1.165, 1.54) is 51.4 Å². The fraction of sp³-hybridized carbons (Fsp3) is 1.00. The van der Waals surface area contributed by atoms with E-state index in [1.54, 1.807) is 18.4 Å². The summed E-state index contributed by atoms with van der Waals surface area (Å²) in [6.45, 7) is 24.5. The van der Waals surface area contributed by atoms with Crippen molar-refractivity contribution >= 4 is 30.3 Å². The molecule has 11 nitrogen and oxygen atoms in total. The SMILES string of the molecule is CC(C)C1CCN(C)CC1.CC(C)C1CCN(S(C)(=O)=O)CC1.CC(C)C1CN(S(=O)(=O)N(C)C)C1.CC(C)C1CN(S(C)(=O)=O)C1. The highest BCUT2D eigenvalue weighted by atomic mass is 32.2. The Kier molecular flexibility index (Phi) is 18.4. The molecule has 282 valence electrons. The van der Waals surface area contributed by atoms with Crippen LogP contribution >= 0.6 is 0 Å². The molecule has 4 heterocycles. The van der Waals surface area contributed by atoms with Crippen LogP contribution in [0, 0.1) is 47.3 Å². The van der Waals surface area contributed by atoms with Gasteiger partial charge in [-0.25, -0.2) is 25.4 Å². The van der Waals surface area contributed by atoms with Gasteiger partial charge in [-0.1, -0.05) is 55.4 Å². The smallest absolute Gasteiger partial charge is 0.281 e. The van der Waals surface area contributed by atoms with E-state index in [1.807, 2.05) is 0 Å². The van der Waals surface area contributed by atoms with Gasteiger partial charge in [0.05, 0.1) is 12.5 Å². The predicted octanol–water partition coefficient (Wildman–Crippen LogP) is 4.21. The molecule has 0 spiro atoms. The number of likely N-dealkylation sites (tertiary alicyclic amines) is 1. The van der Waals surface area contributed by atoms with Gasteiger partial charge in [-0.15, -0.1) is 0 Å². The molecule has 4 aliphatic rings. The van der Waals surface area contributed by atoms with Crippen LogP contribution in [-0.4, -0.2) is 133 Å². The van der Waals surface area contributed by atoms with Crippen molar-refractivity contribution in [3.05, 3.63) is 0 Å². The lowest BCUT2D eigenvalue weighted by molar-refractivity contribution is 0.145. The van der Waals surface area contributed by atoms with E-state index in [0.29, 0.717) is 61.7 Å². The van der Waals surface area contributed by atoms with Crippen LogP contribution in [0.15, 0.2) is 0 Å². The molecule has 0 aromatic carbocycles. The van der Waals surface area contributed by atoms with Gasteiger partial charge < -0.3 is 4.90 Å². The van der Waals surface area contributed by atoms with E-state index in [9.17, 15) is 25.3 Å². The second kappa shape index (κ2) is 19.3. The second-order valence-electron chi connectivity index (χ2n) is 15.8. The van der Waals surface area contributed by atoms with Crippen molar-refractivity contribution in [3.8, 4) is 0 Å². The van der Waals surface area contributed by atoms with Crippen molar-refractivity contribution in [1.82, 2.24) is 22.1 Å². The van der Waals surface area contributed by atoms with Crippen molar-refractivity contribution in [1.29, 1.82) is 0 Å². The summed E-state index contributed by atoms with van der Waals surface area (Å²) in [5.41, 5.74) is 0. The molecule has 0 saturated carbocycles. The van der Waals surface area contributed by atoms with Crippen LogP contribution < -0.4 is 0 Å². The maximum Gasteiger partial charge on any atom is 0.281 e. The van der Waals surface area contributed by atoms with Gasteiger partial charge in [0.1, 0.15) is 0 Å². The Morgan fingerprint density at radius 3 is 1.06 bits per heavy atom. The first-order chi connectivity index (χ1) is 21.4. The first-order valence-corrected chi connectivity index (χ1v) is 22.7. The van der Waals surface area contributed by atoms with Gasteiger partial charge in [-0.05, 0) is 93.2 Å². The largest absolute Gasteiger partial charge is 0.306 e. The lowest BCUT2D eigenvalue weighted by atomic mass is 9.87. The quantitative estimate of drug-likeness (QED) is 0.368. The molecule has 0 unspecified atom stereocenters. The number of sulfonamides is 2. The summed E-state index contributed by atoms with van der Waals surface area (Å²) in [5, 5.41) is 0. The Bertz CT molecular complexity index is 1210. The second-order valence-corrected chi connectivity index (χ2v) is 21.9. The third-order valence-corrected chi connectivity index (χ3v) is 14.9. The van der Waals surface area contributed by atoms with Crippen LogP contribution in [0.5, 0.6) is 0 Å². The monoisotopic (exact) mass is 729 g/mol. The highest BCUT2D eigenvalue weighted by Crippen LogP contribution is 2.28. The van der Waals surface area contributed by atoms with Gasteiger partial charge >= 0.3 is 0 Å². The Hall–Kier alpha value is -0.350. The molecule has 47 heavy (non-hydrogen) atoms. The Labute approximate surface area is 291 Å². The molecule has 0 amide bonds. The summed E-state index contributed by atoms with van der Waals surface area (Å²) in [7, 11) is -3.63. The van der Waals surface area contributed by atoms with Crippen molar-refractivity contribution in [2.75, 3.05) is 86.0 Å². The molecule has 0 bridgehead atoms. The summed E-state index contributed by atoms with van der Waals surface area (Å²) in [4.78, 5) is 2.43. The Balaban J connectivity index is 0.000000315. The minimum atomic E-state index is -3.14. The molecule has 4 fully saturated rings. The molecule has 0 aromatic heterocycles. The summed E-state index contributed by atoms with van der Waals surface area (Å²) in [5.74, 6) is 5.57. The summed E-state index contributed by atoms with van der Waals surface area (Å²) < 4.78 is 73.2. The minimum Gasteiger partial charge on any atom is -0.306 e. The minimum absolute atomic E-state index is 0.537. The molecule has 4 rings (SSSR count). The zero-order valence-corrected chi connectivity index (χ0v) is 34.5. The van der Waals surface area contributed by atoms with Gasteiger partial charge in [0.25, 0.3) is 10.2 Å². The molecule has 14 heteroatoms. The fourth-order valence-corrected chi connectivity index (χ4v) is 9.06. The van der Waals surface area contributed by atoms with Crippen LogP contribution in [0.2, 0.25) is 0 Å². The number of hydrogen-bond donors (Lipinski definition) is 0. The molecule has 0 aromatic rings. The average molecular weight is 730 g/mol. The molecule has 4 saturated heterocycles. The number of hydrogen-bond acceptors (Lipinski definition) is 7. The standard InChI is InChI=1S/C9H19NO2S.C9H19N.C8H18N2O2S.C7H15NO2S/c1-8(2)9-4-6-10(7-5-9)13(3,11)12;1-8(2)9-4-6-10(3)7-5-9;1-7(2)8-5-10(6-8)13(11,12)9(3)4;1-6(2)7-4-8(5-7)11(3,9)10/h8-9H,4-7H2,1-3H3;8-9H,4-7H2,1-3H3;7-8H,5-6H2,1-4H3;6-7H,4-5H2,1-3H3. The van der Waals surface area contributed by atoms with Crippen molar-refractivity contribution in [2.45, 2.75) is 81.1 Å². The molecule has 4 aliphatic heterocycles. The normalized spacial score (nSPS) is 22.3. The predicted molar refractivity (Wildman–Crippen MR) is 196 cm³/mol. The van der Waals surface area contributed by atoms with E-state index in [-0.39, 0.29) is 0 Å². The lowest BCUT2D eigenvalue weighted by Gasteiger charge is -2.41. The van der Waals surface area contributed by atoms with Gasteiger partial charge in [-0.2, -0.15) is 17.0 Å². The maximum absolute atomic E-state index is 11.5. The van der Waals surface area contributed by atoms with E-state index in [0.717, 1.165) is 37.8 Å². The van der Waals surface area contributed by atoms with Crippen LogP contribution in [0.25, 0.3) is 0 Å². The summed E-state index contributed by atoms with van der Waals surface area (Å²) >= 11 is 0. The van der Waals surface area contributed by atoms with Crippen LogP contribution in [0.4, 0.5) is 0 Å². The van der Waals surface area contributed by atoms with Gasteiger partial charge in [0.15, 0.2) is 0 Å². The first kappa shape index (κ1) is 44.7. The third-order valence-electron chi connectivity index (χ3n) is 10.5. The van der Waals surface area contributed by atoms with Crippen molar-refractivity contribution in [2.24, 2.45) is 47.3 Å². The van der Waals surface area contributed by atoms with E-state index >= 15 is 0 Å². The summed E-state index contributed by atoms with van der Waals surface area (Å²) in [6, 6.07) is 0. The highest BCUT2D eigenvalue weighted by molar-refractivity contribution is 7.88. The van der Waals surface area contributed by atoms with E-state index in [2.05, 4.69) is 67.3 Å². The van der Waals surface area contributed by atoms with E-state index < -0.39 is 30.3 Å². The molecular formula is C33H71N5O6S3. The van der Waals surface area contributed by atoms with Crippen LogP contribution in [-0.2, 0) is 30.3 Å². The highest BCUT2D eigenvalue weighted by Gasteiger charge is 2.38. The summed E-state index contributed by atoms with van der Waals surface area (Å²) in [6.07, 6.45) is 7.42.